The van der Waals surface area contributed by atoms with Crippen LogP contribution >= 0.6 is 0 Å². The quantitative estimate of drug-likeness (QED) is 0.917. The van der Waals surface area contributed by atoms with E-state index in [1.165, 1.54) is 43.5 Å². The van der Waals surface area contributed by atoms with Crippen molar-refractivity contribution in [1.82, 2.24) is 4.90 Å². The largest absolute Gasteiger partial charge is 0.493 e. The maximum atomic E-state index is 5.85. The molecular weight excluding hydrogens is 248 g/mol. The lowest BCUT2D eigenvalue weighted by Gasteiger charge is -2.38. The summed E-state index contributed by atoms with van der Waals surface area (Å²) in [5, 5.41) is 0. The van der Waals surface area contributed by atoms with Crippen LogP contribution in [-0.4, -0.2) is 31.1 Å². The average molecular weight is 274 g/mol. The number of fused-ring (bicyclic) bond motifs is 1. The second kappa shape index (κ2) is 6.59. The van der Waals surface area contributed by atoms with Gasteiger partial charge >= 0.3 is 0 Å². The summed E-state index contributed by atoms with van der Waals surface area (Å²) in [5.41, 5.74) is 8.44. The van der Waals surface area contributed by atoms with Crippen molar-refractivity contribution in [3.63, 3.8) is 0 Å². The Hall–Kier alpha value is -1.06. The summed E-state index contributed by atoms with van der Waals surface area (Å²) in [6.45, 7) is 4.12. The highest BCUT2D eigenvalue weighted by Gasteiger charge is 2.28. The molecule has 1 unspecified atom stereocenters. The van der Waals surface area contributed by atoms with Gasteiger partial charge in [0.1, 0.15) is 5.75 Å². The molecule has 0 saturated carbocycles. The van der Waals surface area contributed by atoms with Crippen LogP contribution in [-0.2, 0) is 6.42 Å². The SMILES string of the molecule is NCCCc1ccc2c(c1)C(N1CCCCC1)CCO2. The second-order valence-corrected chi connectivity index (χ2v) is 6.01. The predicted octanol–water partition coefficient (Wildman–Crippen LogP) is 2.89. The van der Waals surface area contributed by atoms with Crippen LogP contribution < -0.4 is 10.5 Å². The van der Waals surface area contributed by atoms with Gasteiger partial charge in [-0.25, -0.2) is 0 Å². The molecular formula is C17H26N2O. The monoisotopic (exact) mass is 274 g/mol. The highest BCUT2D eigenvalue weighted by Crippen LogP contribution is 2.37. The third-order valence-corrected chi connectivity index (χ3v) is 4.58. The molecule has 0 amide bonds. The number of nitrogens with two attached hydrogens (primary N) is 1. The number of hydrogen-bond acceptors (Lipinski definition) is 3. The van der Waals surface area contributed by atoms with Gasteiger partial charge in [-0.3, -0.25) is 4.90 Å². The van der Waals surface area contributed by atoms with Crippen molar-refractivity contribution in [2.75, 3.05) is 26.2 Å². The Labute approximate surface area is 122 Å². The van der Waals surface area contributed by atoms with Gasteiger partial charge in [0, 0.05) is 18.0 Å². The Morgan fingerprint density at radius 2 is 2.05 bits per heavy atom. The molecule has 1 atom stereocenters. The summed E-state index contributed by atoms with van der Waals surface area (Å²) in [6, 6.07) is 7.30. The first-order valence-electron chi connectivity index (χ1n) is 8.08. The summed E-state index contributed by atoms with van der Waals surface area (Å²) < 4.78 is 5.85. The number of likely N-dealkylation sites (tertiary alicyclic amines) is 1. The van der Waals surface area contributed by atoms with Crippen molar-refractivity contribution in [1.29, 1.82) is 0 Å². The minimum Gasteiger partial charge on any atom is -0.493 e. The molecule has 0 bridgehead atoms. The van der Waals surface area contributed by atoms with Crippen molar-refractivity contribution in [2.45, 2.75) is 44.6 Å². The molecule has 2 aliphatic rings. The maximum absolute atomic E-state index is 5.85. The molecule has 2 N–H and O–H groups in total. The van der Waals surface area contributed by atoms with Crippen LogP contribution in [0.2, 0.25) is 0 Å². The van der Waals surface area contributed by atoms with Crippen LogP contribution in [0.4, 0.5) is 0 Å². The van der Waals surface area contributed by atoms with Gasteiger partial charge in [-0.2, -0.15) is 0 Å². The van der Waals surface area contributed by atoms with Crippen LogP contribution in [0.1, 0.15) is 49.3 Å². The van der Waals surface area contributed by atoms with E-state index in [2.05, 4.69) is 23.1 Å². The van der Waals surface area contributed by atoms with Gasteiger partial charge in [-0.1, -0.05) is 18.6 Å². The van der Waals surface area contributed by atoms with E-state index in [-0.39, 0.29) is 0 Å². The molecule has 2 aliphatic heterocycles. The Bertz CT molecular complexity index is 441. The first-order chi connectivity index (χ1) is 9.88. The Kier molecular flexibility index (Phi) is 4.58. The molecule has 3 rings (SSSR count). The second-order valence-electron chi connectivity index (χ2n) is 6.01. The molecule has 3 nitrogen and oxygen atoms in total. The fraction of sp³-hybridized carbons (Fsp3) is 0.647. The summed E-state index contributed by atoms with van der Waals surface area (Å²) in [6.07, 6.45) is 7.36. The normalized spacial score (nSPS) is 23.1. The molecule has 0 aromatic heterocycles. The molecule has 3 heteroatoms. The van der Waals surface area contributed by atoms with Gasteiger partial charge in [0.25, 0.3) is 0 Å². The molecule has 1 fully saturated rings. The van der Waals surface area contributed by atoms with E-state index in [1.807, 2.05) is 0 Å². The van der Waals surface area contributed by atoms with E-state index in [1.54, 1.807) is 0 Å². The summed E-state index contributed by atoms with van der Waals surface area (Å²) in [7, 11) is 0. The predicted molar refractivity (Wildman–Crippen MR) is 82.1 cm³/mol. The number of benzene rings is 1. The average Bonchev–Trinajstić information content (AvgIpc) is 2.53. The van der Waals surface area contributed by atoms with Crippen molar-refractivity contribution in [3.8, 4) is 5.75 Å². The van der Waals surface area contributed by atoms with Crippen molar-refractivity contribution in [2.24, 2.45) is 5.73 Å². The molecule has 0 aliphatic carbocycles. The third kappa shape index (κ3) is 2.99. The first kappa shape index (κ1) is 13.9. The Morgan fingerprint density at radius 1 is 1.20 bits per heavy atom. The van der Waals surface area contributed by atoms with Crippen LogP contribution in [0.15, 0.2) is 18.2 Å². The zero-order valence-corrected chi connectivity index (χ0v) is 12.3. The molecule has 1 aromatic carbocycles. The van der Waals surface area contributed by atoms with Crippen molar-refractivity contribution >= 4 is 0 Å². The fourth-order valence-corrected chi connectivity index (χ4v) is 3.50. The minimum absolute atomic E-state index is 0.567. The van der Waals surface area contributed by atoms with Gasteiger partial charge in [0.05, 0.1) is 6.61 Å². The summed E-state index contributed by atoms with van der Waals surface area (Å²) in [5.74, 6) is 1.10. The molecule has 20 heavy (non-hydrogen) atoms. The van der Waals surface area contributed by atoms with Crippen molar-refractivity contribution in [3.05, 3.63) is 29.3 Å². The third-order valence-electron chi connectivity index (χ3n) is 4.58. The van der Waals surface area contributed by atoms with Gasteiger partial charge < -0.3 is 10.5 Å². The van der Waals surface area contributed by atoms with E-state index in [0.717, 1.165) is 38.2 Å². The number of nitrogens with zero attached hydrogens (tertiary/aromatic N) is 1. The maximum Gasteiger partial charge on any atom is 0.124 e. The van der Waals surface area contributed by atoms with E-state index < -0.39 is 0 Å². The number of piperidine rings is 1. The lowest BCUT2D eigenvalue weighted by atomic mass is 9.94. The van der Waals surface area contributed by atoms with E-state index in [4.69, 9.17) is 10.5 Å². The molecule has 0 radical (unpaired) electrons. The molecule has 1 saturated heterocycles. The summed E-state index contributed by atoms with van der Waals surface area (Å²) >= 11 is 0. The number of ether oxygens (including phenoxy) is 1. The highest BCUT2D eigenvalue weighted by molar-refractivity contribution is 5.41. The number of aryl methyl sites for hydroxylation is 1. The van der Waals surface area contributed by atoms with Crippen LogP contribution in [0.3, 0.4) is 0 Å². The van der Waals surface area contributed by atoms with Gasteiger partial charge in [-0.05, 0) is 56.9 Å². The van der Waals surface area contributed by atoms with Crippen LogP contribution in [0.25, 0.3) is 0 Å². The van der Waals surface area contributed by atoms with Crippen LogP contribution in [0.5, 0.6) is 5.75 Å². The molecule has 0 spiro atoms. The standard InChI is InChI=1S/C17H26N2O/c18-9-4-5-14-6-7-17-15(13-14)16(8-12-20-17)19-10-2-1-3-11-19/h6-7,13,16H,1-5,8-12,18H2. The molecule has 1 aromatic rings. The lowest BCUT2D eigenvalue weighted by molar-refractivity contribution is 0.119. The van der Waals surface area contributed by atoms with E-state index in [0.29, 0.717) is 6.04 Å². The lowest BCUT2D eigenvalue weighted by Crippen LogP contribution is -2.36. The summed E-state index contributed by atoms with van der Waals surface area (Å²) in [4.78, 5) is 2.66. The topological polar surface area (TPSA) is 38.5 Å². The minimum atomic E-state index is 0.567. The first-order valence-corrected chi connectivity index (χ1v) is 8.08. The van der Waals surface area contributed by atoms with Gasteiger partial charge in [0.2, 0.25) is 0 Å². The molecule has 110 valence electrons. The Morgan fingerprint density at radius 3 is 2.85 bits per heavy atom. The van der Waals surface area contributed by atoms with Gasteiger partial charge in [-0.15, -0.1) is 0 Å². The highest BCUT2D eigenvalue weighted by atomic mass is 16.5. The van der Waals surface area contributed by atoms with E-state index in [9.17, 15) is 0 Å². The Balaban J connectivity index is 1.81. The van der Waals surface area contributed by atoms with E-state index >= 15 is 0 Å². The zero-order valence-electron chi connectivity index (χ0n) is 12.3. The zero-order chi connectivity index (χ0) is 13.8. The fourth-order valence-electron chi connectivity index (χ4n) is 3.50. The van der Waals surface area contributed by atoms with Crippen molar-refractivity contribution < 1.29 is 4.74 Å². The smallest absolute Gasteiger partial charge is 0.124 e. The number of hydrogen-bond donors (Lipinski definition) is 1. The molecule has 2 heterocycles. The van der Waals surface area contributed by atoms with Gasteiger partial charge in [0.15, 0.2) is 0 Å². The van der Waals surface area contributed by atoms with Crippen LogP contribution in [0, 0.1) is 0 Å². The number of rotatable bonds is 4.